The van der Waals surface area contributed by atoms with Crippen LogP contribution < -0.4 is 10.9 Å². The lowest BCUT2D eigenvalue weighted by atomic mass is 9.79. The van der Waals surface area contributed by atoms with E-state index in [0.29, 0.717) is 12.2 Å². The Morgan fingerprint density at radius 3 is 2.76 bits per heavy atom. The summed E-state index contributed by atoms with van der Waals surface area (Å²) in [7, 11) is 0. The second kappa shape index (κ2) is 8.54. The van der Waals surface area contributed by atoms with E-state index in [9.17, 15) is 9.59 Å². The van der Waals surface area contributed by atoms with Gasteiger partial charge in [0.1, 0.15) is 11.3 Å². The van der Waals surface area contributed by atoms with Gasteiger partial charge in [-0.05, 0) is 62.8 Å². The normalized spacial score (nSPS) is 21.6. The summed E-state index contributed by atoms with van der Waals surface area (Å²) in [5, 5.41) is 3.43. The number of benzene rings is 1. The molecule has 1 atom stereocenters. The van der Waals surface area contributed by atoms with E-state index in [1.807, 2.05) is 36.1 Å². The van der Waals surface area contributed by atoms with Crippen LogP contribution in [0.25, 0.3) is 0 Å². The molecule has 1 unspecified atom stereocenters. The van der Waals surface area contributed by atoms with Gasteiger partial charge in [-0.15, -0.1) is 0 Å². The fourth-order valence-electron chi connectivity index (χ4n) is 4.85. The number of rotatable bonds is 5. The molecular formula is C24H30N2O3. The van der Waals surface area contributed by atoms with Crippen LogP contribution >= 0.6 is 0 Å². The third-order valence-electron chi connectivity index (χ3n) is 6.43. The first-order valence-corrected chi connectivity index (χ1v) is 10.7. The zero-order valence-corrected chi connectivity index (χ0v) is 17.2. The number of nitrogens with zero attached hydrogens (tertiary/aromatic N) is 1. The van der Waals surface area contributed by atoms with Crippen LogP contribution in [0.2, 0.25) is 0 Å². The van der Waals surface area contributed by atoms with E-state index >= 15 is 0 Å². The van der Waals surface area contributed by atoms with Crippen LogP contribution in [-0.2, 0) is 12.8 Å². The summed E-state index contributed by atoms with van der Waals surface area (Å²) < 4.78 is 5.54. The molecule has 0 saturated carbocycles. The standard InChI is InChI=1S/C24H30N2O3/c1-18-15-20(10-5-9-19-7-3-2-4-8-19)29-23(28)21(18)22(27)26-14-6-11-24(17-26)12-13-25-16-24/h2-4,7-8,15,25H,5-6,9-14,16-17H2,1H3. The van der Waals surface area contributed by atoms with Gasteiger partial charge in [-0.25, -0.2) is 4.79 Å². The first-order chi connectivity index (χ1) is 14.1. The molecule has 2 aliphatic rings. The highest BCUT2D eigenvalue weighted by Gasteiger charge is 2.40. The van der Waals surface area contributed by atoms with E-state index < -0.39 is 5.63 Å². The molecule has 1 aromatic carbocycles. The van der Waals surface area contributed by atoms with Crippen LogP contribution in [0.15, 0.2) is 45.6 Å². The largest absolute Gasteiger partial charge is 0.427 e. The molecule has 2 fully saturated rings. The Kier molecular flexibility index (Phi) is 5.86. The van der Waals surface area contributed by atoms with Crippen LogP contribution in [0.4, 0.5) is 0 Å². The van der Waals surface area contributed by atoms with Gasteiger partial charge in [0, 0.05) is 31.5 Å². The fraction of sp³-hybridized carbons (Fsp3) is 0.500. The molecule has 2 aromatic rings. The average molecular weight is 395 g/mol. The quantitative estimate of drug-likeness (QED) is 0.845. The molecular weight excluding hydrogens is 364 g/mol. The molecule has 0 aliphatic carbocycles. The molecule has 4 rings (SSSR count). The van der Waals surface area contributed by atoms with Crippen molar-refractivity contribution in [3.63, 3.8) is 0 Å². The maximum Gasteiger partial charge on any atom is 0.349 e. The van der Waals surface area contributed by atoms with E-state index in [0.717, 1.165) is 63.8 Å². The van der Waals surface area contributed by atoms with E-state index in [-0.39, 0.29) is 16.9 Å². The van der Waals surface area contributed by atoms with Crippen molar-refractivity contribution in [2.24, 2.45) is 5.41 Å². The molecule has 1 spiro atoms. The lowest BCUT2D eigenvalue weighted by molar-refractivity contribution is 0.0548. The van der Waals surface area contributed by atoms with Crippen LogP contribution in [-0.4, -0.2) is 37.0 Å². The summed E-state index contributed by atoms with van der Waals surface area (Å²) in [5.74, 6) is 0.494. The van der Waals surface area contributed by atoms with Crippen molar-refractivity contribution in [2.75, 3.05) is 26.2 Å². The molecule has 29 heavy (non-hydrogen) atoms. The number of amides is 1. The topological polar surface area (TPSA) is 62.6 Å². The first-order valence-electron chi connectivity index (χ1n) is 10.7. The van der Waals surface area contributed by atoms with E-state index in [4.69, 9.17) is 4.42 Å². The Labute approximate surface area is 172 Å². The molecule has 1 aromatic heterocycles. The second-order valence-electron chi connectivity index (χ2n) is 8.65. The van der Waals surface area contributed by atoms with Crippen molar-refractivity contribution in [3.8, 4) is 0 Å². The Balaban J connectivity index is 1.44. The number of piperidine rings is 1. The minimum atomic E-state index is -0.492. The summed E-state index contributed by atoms with van der Waals surface area (Å²) in [6.07, 6.45) is 5.78. The molecule has 0 radical (unpaired) electrons. The van der Waals surface area contributed by atoms with Gasteiger partial charge in [0.25, 0.3) is 5.91 Å². The van der Waals surface area contributed by atoms with Gasteiger partial charge in [0.2, 0.25) is 0 Å². The van der Waals surface area contributed by atoms with E-state index in [2.05, 4.69) is 17.4 Å². The molecule has 5 nitrogen and oxygen atoms in total. The highest BCUT2D eigenvalue weighted by molar-refractivity contribution is 5.95. The molecule has 1 N–H and O–H groups in total. The number of nitrogens with one attached hydrogen (secondary N) is 1. The lowest BCUT2D eigenvalue weighted by Crippen LogP contribution is -2.48. The number of aryl methyl sites for hydroxylation is 3. The van der Waals surface area contributed by atoms with Crippen LogP contribution in [0, 0.1) is 12.3 Å². The SMILES string of the molecule is Cc1cc(CCCc2ccccc2)oc(=O)c1C(=O)N1CCCC2(CCNC2)C1. The molecule has 1 amide bonds. The van der Waals surface area contributed by atoms with Crippen molar-refractivity contribution < 1.29 is 9.21 Å². The molecule has 0 bridgehead atoms. The zero-order valence-electron chi connectivity index (χ0n) is 17.2. The summed E-state index contributed by atoms with van der Waals surface area (Å²) in [4.78, 5) is 27.7. The van der Waals surface area contributed by atoms with Gasteiger partial charge >= 0.3 is 5.63 Å². The summed E-state index contributed by atoms with van der Waals surface area (Å²) >= 11 is 0. The van der Waals surface area contributed by atoms with Crippen molar-refractivity contribution >= 4 is 5.91 Å². The monoisotopic (exact) mass is 394 g/mol. The molecule has 2 saturated heterocycles. The van der Waals surface area contributed by atoms with Crippen molar-refractivity contribution in [1.29, 1.82) is 0 Å². The number of carbonyl (C=O) groups excluding carboxylic acids is 1. The number of likely N-dealkylation sites (tertiary alicyclic amines) is 1. The van der Waals surface area contributed by atoms with E-state index in [1.165, 1.54) is 5.56 Å². The van der Waals surface area contributed by atoms with Gasteiger partial charge in [0.15, 0.2) is 0 Å². The number of hydrogen-bond donors (Lipinski definition) is 1. The Morgan fingerprint density at radius 1 is 1.21 bits per heavy atom. The highest BCUT2D eigenvalue weighted by atomic mass is 16.4. The van der Waals surface area contributed by atoms with Crippen molar-refractivity contribution in [3.05, 3.63) is 69.3 Å². The molecule has 3 heterocycles. The summed E-state index contributed by atoms with van der Waals surface area (Å²) in [6.45, 7) is 5.28. The summed E-state index contributed by atoms with van der Waals surface area (Å²) in [5.41, 5.74) is 1.90. The average Bonchev–Trinajstić information content (AvgIpc) is 3.15. The second-order valence-corrected chi connectivity index (χ2v) is 8.65. The van der Waals surface area contributed by atoms with Gasteiger partial charge in [-0.2, -0.15) is 0 Å². The number of hydrogen-bond acceptors (Lipinski definition) is 4. The molecule has 2 aliphatic heterocycles. The fourth-order valence-corrected chi connectivity index (χ4v) is 4.85. The third kappa shape index (κ3) is 4.45. The Bertz CT molecular complexity index is 913. The maximum absolute atomic E-state index is 13.1. The predicted octanol–water partition coefficient (Wildman–Crippen LogP) is 3.34. The first kappa shape index (κ1) is 19.9. The van der Waals surface area contributed by atoms with Gasteiger partial charge in [-0.3, -0.25) is 4.79 Å². The van der Waals surface area contributed by atoms with E-state index in [1.54, 1.807) is 0 Å². The minimum Gasteiger partial charge on any atom is -0.427 e. The van der Waals surface area contributed by atoms with Crippen molar-refractivity contribution in [2.45, 2.75) is 45.4 Å². The predicted molar refractivity (Wildman–Crippen MR) is 113 cm³/mol. The van der Waals surface area contributed by atoms with Crippen LogP contribution in [0.3, 0.4) is 0 Å². The lowest BCUT2D eigenvalue weighted by Gasteiger charge is -2.40. The van der Waals surface area contributed by atoms with Crippen LogP contribution in [0.5, 0.6) is 0 Å². The highest BCUT2D eigenvalue weighted by Crippen LogP contribution is 2.36. The van der Waals surface area contributed by atoms with Crippen molar-refractivity contribution in [1.82, 2.24) is 10.2 Å². The van der Waals surface area contributed by atoms with Crippen LogP contribution in [0.1, 0.15) is 52.9 Å². The Morgan fingerprint density at radius 2 is 2.03 bits per heavy atom. The smallest absolute Gasteiger partial charge is 0.349 e. The zero-order chi connectivity index (χ0) is 20.3. The molecule has 154 valence electrons. The van der Waals surface area contributed by atoms with Gasteiger partial charge < -0.3 is 14.6 Å². The van der Waals surface area contributed by atoms with Gasteiger partial charge in [-0.1, -0.05) is 30.3 Å². The van der Waals surface area contributed by atoms with Gasteiger partial charge in [0.05, 0.1) is 0 Å². The maximum atomic E-state index is 13.1. The number of carbonyl (C=O) groups is 1. The Hall–Kier alpha value is -2.40. The minimum absolute atomic E-state index is 0.168. The summed E-state index contributed by atoms with van der Waals surface area (Å²) in [6, 6.07) is 12.2. The molecule has 5 heteroatoms. The third-order valence-corrected chi connectivity index (χ3v) is 6.43.